The molecule has 0 aliphatic carbocycles. The molecule has 0 amide bonds. The lowest BCUT2D eigenvalue weighted by Crippen LogP contribution is -2.47. The molecule has 0 radical (unpaired) electrons. The van der Waals surface area contributed by atoms with Crippen LogP contribution in [0.3, 0.4) is 0 Å². The predicted octanol–water partition coefficient (Wildman–Crippen LogP) is 3.34. The van der Waals surface area contributed by atoms with Crippen molar-refractivity contribution < 1.29 is 14.2 Å². The van der Waals surface area contributed by atoms with Gasteiger partial charge in [-0.1, -0.05) is 18.2 Å². The van der Waals surface area contributed by atoms with Gasteiger partial charge in [-0.05, 0) is 18.2 Å². The minimum atomic E-state index is 0.438. The van der Waals surface area contributed by atoms with Crippen LogP contribution in [0.4, 0.5) is 11.8 Å². The number of aromatic nitrogens is 4. The number of para-hydroxylation sites is 1. The van der Waals surface area contributed by atoms with E-state index in [4.69, 9.17) is 14.2 Å². The Morgan fingerprint density at radius 3 is 2.18 bits per heavy atom. The van der Waals surface area contributed by atoms with Gasteiger partial charge in [0.25, 0.3) is 0 Å². The van der Waals surface area contributed by atoms with Crippen molar-refractivity contribution in [2.45, 2.75) is 6.61 Å². The van der Waals surface area contributed by atoms with Gasteiger partial charge in [0.2, 0.25) is 5.95 Å². The lowest BCUT2D eigenvalue weighted by Gasteiger charge is -2.35. The summed E-state index contributed by atoms with van der Waals surface area (Å²) >= 11 is 0. The van der Waals surface area contributed by atoms with E-state index in [-0.39, 0.29) is 0 Å². The zero-order valence-electron chi connectivity index (χ0n) is 19.2. The highest BCUT2D eigenvalue weighted by molar-refractivity contribution is 5.92. The Morgan fingerprint density at radius 1 is 0.794 bits per heavy atom. The monoisotopic (exact) mass is 458 g/mol. The summed E-state index contributed by atoms with van der Waals surface area (Å²) in [5, 5.41) is 0.938. The SMILES string of the molecule is COc1cc2ncnc(N3CCN(c4ncc(COc5ccccc5)cn4)CC3)c2cc1OC. The first kappa shape index (κ1) is 21.7. The van der Waals surface area contributed by atoms with Gasteiger partial charge in [-0.2, -0.15) is 0 Å². The Labute approximate surface area is 198 Å². The molecule has 1 fully saturated rings. The summed E-state index contributed by atoms with van der Waals surface area (Å²) in [5.74, 6) is 3.76. The number of ether oxygens (including phenoxy) is 3. The van der Waals surface area contributed by atoms with Crippen molar-refractivity contribution in [2.75, 3.05) is 50.2 Å². The van der Waals surface area contributed by atoms with Crippen LogP contribution in [0.5, 0.6) is 17.2 Å². The van der Waals surface area contributed by atoms with Crippen molar-refractivity contribution in [3.8, 4) is 17.2 Å². The number of methoxy groups -OCH3 is 2. The zero-order valence-corrected chi connectivity index (χ0v) is 19.2. The van der Waals surface area contributed by atoms with Gasteiger partial charge in [0.1, 0.15) is 24.5 Å². The highest BCUT2D eigenvalue weighted by Crippen LogP contribution is 2.35. The molecule has 0 N–H and O–H groups in total. The number of hydrogen-bond acceptors (Lipinski definition) is 9. The van der Waals surface area contributed by atoms with E-state index >= 15 is 0 Å². The molecule has 1 aliphatic heterocycles. The van der Waals surface area contributed by atoms with E-state index in [1.54, 1.807) is 20.5 Å². The molecule has 174 valence electrons. The Balaban J connectivity index is 1.25. The first-order chi connectivity index (χ1) is 16.7. The molecule has 9 nitrogen and oxygen atoms in total. The average molecular weight is 459 g/mol. The molecule has 0 saturated carbocycles. The lowest BCUT2D eigenvalue weighted by molar-refractivity contribution is 0.305. The van der Waals surface area contributed by atoms with Crippen molar-refractivity contribution in [1.29, 1.82) is 0 Å². The summed E-state index contributed by atoms with van der Waals surface area (Å²) < 4.78 is 16.7. The maximum absolute atomic E-state index is 5.78. The topological polar surface area (TPSA) is 85.7 Å². The molecule has 0 unspecified atom stereocenters. The third kappa shape index (κ3) is 4.50. The molecule has 2 aromatic heterocycles. The highest BCUT2D eigenvalue weighted by Gasteiger charge is 2.22. The summed E-state index contributed by atoms with van der Waals surface area (Å²) in [6.07, 6.45) is 5.25. The molecule has 0 spiro atoms. The fourth-order valence-corrected chi connectivity index (χ4v) is 4.01. The fraction of sp³-hybridized carbons (Fsp3) is 0.280. The molecular formula is C25H26N6O3. The Bertz CT molecular complexity index is 1240. The third-order valence-electron chi connectivity index (χ3n) is 5.82. The Morgan fingerprint density at radius 2 is 1.47 bits per heavy atom. The van der Waals surface area contributed by atoms with E-state index in [2.05, 4.69) is 29.7 Å². The molecule has 1 aliphatic rings. The van der Waals surface area contributed by atoms with Gasteiger partial charge in [-0.25, -0.2) is 19.9 Å². The van der Waals surface area contributed by atoms with Crippen LogP contribution in [0.25, 0.3) is 10.9 Å². The number of rotatable bonds is 7. The van der Waals surface area contributed by atoms with Crippen LogP contribution in [0.1, 0.15) is 5.56 Å². The van der Waals surface area contributed by atoms with Gasteiger partial charge in [-0.3, -0.25) is 0 Å². The largest absolute Gasteiger partial charge is 0.493 e. The van der Waals surface area contributed by atoms with Crippen LogP contribution in [-0.2, 0) is 6.61 Å². The molecule has 3 heterocycles. The summed E-state index contributed by atoms with van der Waals surface area (Å²) in [5.41, 5.74) is 1.75. The van der Waals surface area contributed by atoms with E-state index in [1.165, 1.54) is 0 Å². The zero-order chi connectivity index (χ0) is 23.3. The van der Waals surface area contributed by atoms with Crippen molar-refractivity contribution in [3.05, 3.63) is 66.7 Å². The molecule has 2 aromatic carbocycles. The highest BCUT2D eigenvalue weighted by atomic mass is 16.5. The summed E-state index contributed by atoms with van der Waals surface area (Å²) in [7, 11) is 3.25. The number of benzene rings is 2. The summed E-state index contributed by atoms with van der Waals surface area (Å²) in [6, 6.07) is 13.6. The van der Waals surface area contributed by atoms with E-state index in [1.807, 2.05) is 54.9 Å². The lowest BCUT2D eigenvalue weighted by atomic mass is 10.2. The van der Waals surface area contributed by atoms with Crippen molar-refractivity contribution in [3.63, 3.8) is 0 Å². The maximum Gasteiger partial charge on any atom is 0.225 e. The predicted molar refractivity (Wildman–Crippen MR) is 130 cm³/mol. The van der Waals surface area contributed by atoms with E-state index < -0.39 is 0 Å². The molecule has 0 bridgehead atoms. The van der Waals surface area contributed by atoms with E-state index in [0.717, 1.165) is 60.2 Å². The van der Waals surface area contributed by atoms with E-state index in [0.29, 0.717) is 18.1 Å². The smallest absolute Gasteiger partial charge is 0.225 e. The molecular weight excluding hydrogens is 432 g/mol. The van der Waals surface area contributed by atoms with Crippen LogP contribution in [-0.4, -0.2) is 60.3 Å². The third-order valence-corrected chi connectivity index (χ3v) is 5.82. The van der Waals surface area contributed by atoms with Crippen LogP contribution < -0.4 is 24.0 Å². The minimum absolute atomic E-state index is 0.438. The maximum atomic E-state index is 5.78. The number of nitrogens with zero attached hydrogens (tertiary/aromatic N) is 6. The van der Waals surface area contributed by atoms with E-state index in [9.17, 15) is 0 Å². The molecule has 34 heavy (non-hydrogen) atoms. The van der Waals surface area contributed by atoms with Crippen molar-refractivity contribution >= 4 is 22.7 Å². The van der Waals surface area contributed by atoms with Crippen LogP contribution >= 0.6 is 0 Å². The Hall–Kier alpha value is -4.14. The minimum Gasteiger partial charge on any atom is -0.493 e. The second-order valence-electron chi connectivity index (χ2n) is 7.89. The van der Waals surface area contributed by atoms with Crippen LogP contribution in [0.15, 0.2) is 61.2 Å². The average Bonchev–Trinajstić information content (AvgIpc) is 2.91. The summed E-state index contributed by atoms with van der Waals surface area (Å²) in [6.45, 7) is 3.61. The molecule has 4 aromatic rings. The fourth-order valence-electron chi connectivity index (χ4n) is 4.01. The normalized spacial score (nSPS) is 13.7. The molecule has 0 atom stereocenters. The Kier molecular flexibility index (Phi) is 6.24. The van der Waals surface area contributed by atoms with Gasteiger partial charge >= 0.3 is 0 Å². The van der Waals surface area contributed by atoms with Gasteiger partial charge in [-0.15, -0.1) is 0 Å². The van der Waals surface area contributed by atoms with Gasteiger partial charge < -0.3 is 24.0 Å². The first-order valence-electron chi connectivity index (χ1n) is 11.1. The number of fused-ring (bicyclic) bond motifs is 1. The molecule has 1 saturated heterocycles. The van der Waals surface area contributed by atoms with Crippen LogP contribution in [0, 0.1) is 0 Å². The standard InChI is InChI=1S/C25H26N6O3/c1-32-22-12-20-21(13-23(22)33-2)28-17-29-24(20)30-8-10-31(11-9-30)25-26-14-18(15-27-25)16-34-19-6-4-3-5-7-19/h3-7,12-15,17H,8-11,16H2,1-2H3. The van der Waals surface area contributed by atoms with Gasteiger partial charge in [0.15, 0.2) is 11.5 Å². The number of anilines is 2. The second kappa shape index (κ2) is 9.78. The molecule has 9 heteroatoms. The number of hydrogen-bond donors (Lipinski definition) is 0. The quantitative estimate of drug-likeness (QED) is 0.414. The molecule has 5 rings (SSSR count). The number of piperazine rings is 1. The van der Waals surface area contributed by atoms with Crippen LogP contribution in [0.2, 0.25) is 0 Å². The van der Waals surface area contributed by atoms with Crippen molar-refractivity contribution in [1.82, 2.24) is 19.9 Å². The first-order valence-corrected chi connectivity index (χ1v) is 11.1. The summed E-state index contributed by atoms with van der Waals surface area (Å²) in [4.78, 5) is 22.6. The van der Waals surface area contributed by atoms with Gasteiger partial charge in [0.05, 0.1) is 19.7 Å². The van der Waals surface area contributed by atoms with Gasteiger partial charge in [0, 0.05) is 55.6 Å². The van der Waals surface area contributed by atoms with Crippen molar-refractivity contribution in [2.24, 2.45) is 0 Å². The second-order valence-corrected chi connectivity index (χ2v) is 7.89.